The molecule has 2 aromatic heterocycles. The average Bonchev–Trinajstić information content (AvgIpc) is 3.08. The van der Waals surface area contributed by atoms with Gasteiger partial charge in [-0.3, -0.25) is 14.5 Å². The Balaban J connectivity index is 1.50. The fraction of sp³-hybridized carbons (Fsp3) is 0.381. The number of hydrogen-bond donors (Lipinski definition) is 0. The Morgan fingerprint density at radius 1 is 1.19 bits per heavy atom. The first-order chi connectivity index (χ1) is 12.7. The molecule has 1 fully saturated rings. The van der Waals surface area contributed by atoms with Crippen LogP contribution in [0.2, 0.25) is 0 Å². The molecule has 1 unspecified atom stereocenters. The first kappa shape index (κ1) is 16.9. The van der Waals surface area contributed by atoms with Gasteiger partial charge in [0, 0.05) is 37.6 Å². The van der Waals surface area contributed by atoms with Gasteiger partial charge in [-0.15, -0.1) is 0 Å². The van der Waals surface area contributed by atoms with E-state index in [4.69, 9.17) is 4.98 Å². The Labute approximate surface area is 154 Å². The van der Waals surface area contributed by atoms with E-state index in [1.54, 1.807) is 6.20 Å². The number of imidazole rings is 1. The van der Waals surface area contributed by atoms with Gasteiger partial charge in [-0.2, -0.15) is 0 Å². The second kappa shape index (κ2) is 7.38. The molecule has 134 valence electrons. The van der Waals surface area contributed by atoms with E-state index < -0.39 is 0 Å². The van der Waals surface area contributed by atoms with E-state index in [0.29, 0.717) is 5.92 Å². The zero-order valence-corrected chi connectivity index (χ0v) is 15.5. The predicted molar refractivity (Wildman–Crippen MR) is 102 cm³/mol. The van der Waals surface area contributed by atoms with Crippen LogP contribution in [0.15, 0.2) is 49.1 Å². The van der Waals surface area contributed by atoms with E-state index in [-0.39, 0.29) is 0 Å². The van der Waals surface area contributed by atoms with Crippen LogP contribution in [0.25, 0.3) is 5.82 Å². The number of piperidine rings is 1. The lowest BCUT2D eigenvalue weighted by atomic mass is 9.94. The number of benzene rings is 1. The van der Waals surface area contributed by atoms with Gasteiger partial charge in [0.1, 0.15) is 5.82 Å². The molecule has 0 radical (unpaired) electrons. The molecule has 5 nitrogen and oxygen atoms in total. The number of likely N-dealkylation sites (tertiary alicyclic amines) is 1. The first-order valence-electron chi connectivity index (χ1n) is 9.29. The lowest BCUT2D eigenvalue weighted by Crippen LogP contribution is -2.34. The highest BCUT2D eigenvalue weighted by molar-refractivity contribution is 5.24. The van der Waals surface area contributed by atoms with Crippen LogP contribution in [0.5, 0.6) is 0 Å². The van der Waals surface area contributed by atoms with E-state index >= 15 is 0 Å². The summed E-state index contributed by atoms with van der Waals surface area (Å²) >= 11 is 0. The summed E-state index contributed by atoms with van der Waals surface area (Å²) in [4.78, 5) is 16.2. The highest BCUT2D eigenvalue weighted by Gasteiger charge is 2.23. The van der Waals surface area contributed by atoms with Crippen molar-refractivity contribution in [2.75, 3.05) is 13.1 Å². The molecule has 0 N–H and O–H groups in total. The van der Waals surface area contributed by atoms with Crippen LogP contribution < -0.4 is 0 Å². The fourth-order valence-electron chi connectivity index (χ4n) is 3.81. The number of aromatic nitrogens is 4. The van der Waals surface area contributed by atoms with Crippen LogP contribution in [0.4, 0.5) is 0 Å². The lowest BCUT2D eigenvalue weighted by molar-refractivity contribution is 0.198. The summed E-state index contributed by atoms with van der Waals surface area (Å²) in [5, 5.41) is 0. The molecule has 0 spiro atoms. The minimum absolute atomic E-state index is 0.435. The number of aryl methyl sites for hydroxylation is 2. The van der Waals surface area contributed by atoms with Crippen molar-refractivity contribution in [3.8, 4) is 5.82 Å². The Morgan fingerprint density at radius 3 is 2.92 bits per heavy atom. The van der Waals surface area contributed by atoms with Crippen molar-refractivity contribution in [2.45, 2.75) is 39.2 Å². The SMILES string of the molecule is Cc1cccc(CN2CCCC(c3cncc(-n4ccnc4C)n3)C2)c1. The lowest BCUT2D eigenvalue weighted by Gasteiger charge is -2.32. The third-order valence-corrected chi connectivity index (χ3v) is 5.13. The van der Waals surface area contributed by atoms with E-state index in [1.807, 2.05) is 30.1 Å². The molecule has 0 amide bonds. The molecule has 4 rings (SSSR count). The van der Waals surface area contributed by atoms with Crippen LogP contribution in [0.3, 0.4) is 0 Å². The molecule has 1 aliphatic rings. The van der Waals surface area contributed by atoms with Crippen molar-refractivity contribution >= 4 is 0 Å². The topological polar surface area (TPSA) is 46.8 Å². The maximum Gasteiger partial charge on any atom is 0.156 e. The molecule has 3 aromatic rings. The third-order valence-electron chi connectivity index (χ3n) is 5.13. The van der Waals surface area contributed by atoms with Gasteiger partial charge in [0.15, 0.2) is 5.82 Å². The summed E-state index contributed by atoms with van der Waals surface area (Å²) in [6, 6.07) is 8.81. The molecular weight excluding hydrogens is 322 g/mol. The maximum atomic E-state index is 4.89. The largest absolute Gasteiger partial charge is 0.298 e. The van der Waals surface area contributed by atoms with Crippen LogP contribution in [0, 0.1) is 13.8 Å². The van der Waals surface area contributed by atoms with Crippen molar-refractivity contribution in [1.82, 2.24) is 24.4 Å². The Kier molecular flexibility index (Phi) is 4.80. The van der Waals surface area contributed by atoms with Crippen molar-refractivity contribution in [2.24, 2.45) is 0 Å². The molecular formula is C21H25N5. The highest BCUT2D eigenvalue weighted by Crippen LogP contribution is 2.27. The van der Waals surface area contributed by atoms with Crippen LogP contribution in [0.1, 0.15) is 41.4 Å². The summed E-state index contributed by atoms with van der Waals surface area (Å²) in [5.41, 5.74) is 3.80. The molecule has 1 saturated heterocycles. The second-order valence-electron chi connectivity index (χ2n) is 7.21. The van der Waals surface area contributed by atoms with E-state index in [1.165, 1.54) is 24.0 Å². The van der Waals surface area contributed by atoms with Gasteiger partial charge < -0.3 is 0 Å². The van der Waals surface area contributed by atoms with Gasteiger partial charge in [0.2, 0.25) is 0 Å². The monoisotopic (exact) mass is 347 g/mol. The van der Waals surface area contributed by atoms with Crippen molar-refractivity contribution in [1.29, 1.82) is 0 Å². The molecule has 1 aromatic carbocycles. The van der Waals surface area contributed by atoms with Crippen molar-refractivity contribution in [3.63, 3.8) is 0 Å². The highest BCUT2D eigenvalue weighted by atomic mass is 15.1. The number of hydrogen-bond acceptors (Lipinski definition) is 4. The van der Waals surface area contributed by atoms with E-state index in [0.717, 1.165) is 37.0 Å². The third kappa shape index (κ3) is 3.68. The molecule has 0 bridgehead atoms. The number of rotatable bonds is 4. The fourth-order valence-corrected chi connectivity index (χ4v) is 3.81. The molecule has 5 heteroatoms. The van der Waals surface area contributed by atoms with Gasteiger partial charge in [-0.25, -0.2) is 9.97 Å². The van der Waals surface area contributed by atoms with Crippen molar-refractivity contribution in [3.05, 3.63) is 71.7 Å². The van der Waals surface area contributed by atoms with Crippen molar-refractivity contribution < 1.29 is 0 Å². The normalized spacial score (nSPS) is 18.2. The Hall–Kier alpha value is -2.53. The molecule has 1 atom stereocenters. The van der Waals surface area contributed by atoms with Crippen LogP contribution in [-0.2, 0) is 6.54 Å². The first-order valence-corrected chi connectivity index (χ1v) is 9.29. The molecule has 1 aliphatic heterocycles. The maximum absolute atomic E-state index is 4.89. The standard InChI is InChI=1S/C21H25N5/c1-16-5-3-6-18(11-16)14-25-9-4-7-19(15-25)20-12-22-13-21(24-20)26-10-8-23-17(26)2/h3,5-6,8,10-13,19H,4,7,9,14-15H2,1-2H3. The molecule has 0 aliphatic carbocycles. The minimum atomic E-state index is 0.435. The summed E-state index contributed by atoms with van der Waals surface area (Å²) in [7, 11) is 0. The summed E-state index contributed by atoms with van der Waals surface area (Å²) < 4.78 is 1.99. The zero-order valence-electron chi connectivity index (χ0n) is 15.5. The summed E-state index contributed by atoms with van der Waals surface area (Å²) in [6.45, 7) is 7.33. The van der Waals surface area contributed by atoms with Crippen LogP contribution >= 0.6 is 0 Å². The summed E-state index contributed by atoms with van der Waals surface area (Å²) in [6.07, 6.45) is 9.85. The number of nitrogens with zero attached hydrogens (tertiary/aromatic N) is 5. The van der Waals surface area contributed by atoms with Gasteiger partial charge in [0.05, 0.1) is 11.9 Å². The predicted octanol–water partition coefficient (Wildman–Crippen LogP) is 3.66. The van der Waals surface area contributed by atoms with Gasteiger partial charge in [-0.1, -0.05) is 29.8 Å². The average molecular weight is 347 g/mol. The smallest absolute Gasteiger partial charge is 0.156 e. The van der Waals surface area contributed by atoms with E-state index in [2.05, 4.69) is 46.1 Å². The summed E-state index contributed by atoms with van der Waals surface area (Å²) in [5.74, 6) is 2.22. The Morgan fingerprint density at radius 2 is 2.12 bits per heavy atom. The Bertz CT molecular complexity index is 885. The molecule has 26 heavy (non-hydrogen) atoms. The minimum Gasteiger partial charge on any atom is -0.298 e. The van der Waals surface area contributed by atoms with Gasteiger partial charge >= 0.3 is 0 Å². The van der Waals surface area contributed by atoms with E-state index in [9.17, 15) is 0 Å². The van der Waals surface area contributed by atoms with Gasteiger partial charge in [-0.05, 0) is 38.8 Å². The van der Waals surface area contributed by atoms with Crippen LogP contribution in [-0.4, -0.2) is 37.5 Å². The molecule has 3 heterocycles. The molecule has 0 saturated carbocycles. The second-order valence-corrected chi connectivity index (χ2v) is 7.21. The zero-order chi connectivity index (χ0) is 17.9. The quantitative estimate of drug-likeness (QED) is 0.723. The van der Waals surface area contributed by atoms with Gasteiger partial charge in [0.25, 0.3) is 0 Å².